The number of aliphatic hydroxyl groups excluding tert-OH is 1. The lowest BCUT2D eigenvalue weighted by Crippen LogP contribution is -2.48. The molecule has 0 aromatic heterocycles. The van der Waals surface area contributed by atoms with Crippen molar-refractivity contribution in [1.29, 1.82) is 0 Å². The molecule has 0 unspecified atom stereocenters. The van der Waals surface area contributed by atoms with Crippen molar-refractivity contribution in [2.24, 2.45) is 0 Å². The van der Waals surface area contributed by atoms with Crippen LogP contribution in [0.2, 0.25) is 0 Å². The van der Waals surface area contributed by atoms with Crippen LogP contribution in [0, 0.1) is 12.3 Å². The summed E-state index contributed by atoms with van der Waals surface area (Å²) in [5.74, 6) is 2.37. The van der Waals surface area contributed by atoms with Gasteiger partial charge in [-0.2, -0.15) is 0 Å². The zero-order chi connectivity index (χ0) is 12.4. The number of aliphatic carboxylic acids is 1. The standard InChI is InChI=1S/C9H14N2O4S/c1-2-4-16-5-3-10-9(15)11-7(6-12)8(13)14/h1,7,12H,3-6H2,(H,13,14)(H2,10,11,15)/t7-/m0/s1. The largest absolute Gasteiger partial charge is 0.480 e. The summed E-state index contributed by atoms with van der Waals surface area (Å²) in [4.78, 5) is 21.6. The monoisotopic (exact) mass is 246 g/mol. The first kappa shape index (κ1) is 14.6. The van der Waals surface area contributed by atoms with E-state index in [1.54, 1.807) is 0 Å². The Balaban J connectivity index is 3.65. The van der Waals surface area contributed by atoms with Crippen LogP contribution in [0.15, 0.2) is 0 Å². The molecule has 2 amide bonds. The first-order valence-corrected chi connectivity index (χ1v) is 5.66. The molecule has 0 aliphatic carbocycles. The normalized spacial score (nSPS) is 11.2. The van der Waals surface area contributed by atoms with E-state index in [2.05, 4.69) is 16.6 Å². The van der Waals surface area contributed by atoms with Gasteiger partial charge in [0.05, 0.1) is 12.4 Å². The van der Waals surface area contributed by atoms with Gasteiger partial charge >= 0.3 is 12.0 Å². The molecule has 0 rings (SSSR count). The molecule has 0 saturated carbocycles. The summed E-state index contributed by atoms with van der Waals surface area (Å²) in [6, 6.07) is -1.90. The van der Waals surface area contributed by atoms with E-state index in [1.165, 1.54) is 11.8 Å². The van der Waals surface area contributed by atoms with Crippen LogP contribution in [0.5, 0.6) is 0 Å². The average molecular weight is 246 g/mol. The van der Waals surface area contributed by atoms with Crippen LogP contribution in [-0.4, -0.2) is 52.9 Å². The molecule has 0 spiro atoms. The fourth-order valence-corrected chi connectivity index (χ4v) is 1.27. The van der Waals surface area contributed by atoms with Crippen molar-refractivity contribution in [2.45, 2.75) is 6.04 Å². The molecule has 0 heterocycles. The van der Waals surface area contributed by atoms with E-state index in [-0.39, 0.29) is 0 Å². The summed E-state index contributed by atoms with van der Waals surface area (Å²) in [6.07, 6.45) is 5.02. The second-order valence-corrected chi connectivity index (χ2v) is 3.84. The predicted octanol–water partition coefficient (Wildman–Crippen LogP) is -0.902. The van der Waals surface area contributed by atoms with Crippen molar-refractivity contribution in [2.75, 3.05) is 24.7 Å². The fraction of sp³-hybridized carbons (Fsp3) is 0.556. The minimum absolute atomic E-state index is 0.385. The molecule has 0 radical (unpaired) electrons. The van der Waals surface area contributed by atoms with Crippen LogP contribution in [0.25, 0.3) is 0 Å². The Kier molecular flexibility index (Phi) is 8.11. The number of hydrogen-bond donors (Lipinski definition) is 4. The number of amides is 2. The lowest BCUT2D eigenvalue weighted by molar-refractivity contribution is -0.140. The van der Waals surface area contributed by atoms with Gasteiger partial charge in [-0.15, -0.1) is 18.2 Å². The van der Waals surface area contributed by atoms with Crippen molar-refractivity contribution >= 4 is 23.8 Å². The highest BCUT2D eigenvalue weighted by Gasteiger charge is 2.17. The second kappa shape index (κ2) is 8.88. The third kappa shape index (κ3) is 6.98. The molecule has 7 heteroatoms. The molecule has 0 fully saturated rings. The van der Waals surface area contributed by atoms with Gasteiger partial charge in [-0.05, 0) is 0 Å². The number of nitrogens with one attached hydrogen (secondary N) is 2. The third-order valence-corrected chi connectivity index (χ3v) is 2.37. The zero-order valence-electron chi connectivity index (χ0n) is 8.60. The smallest absolute Gasteiger partial charge is 0.328 e. The van der Waals surface area contributed by atoms with Gasteiger partial charge in [-0.1, -0.05) is 5.92 Å². The third-order valence-electron chi connectivity index (χ3n) is 1.50. The Morgan fingerprint density at radius 1 is 1.50 bits per heavy atom. The SMILES string of the molecule is C#CCSCCNC(=O)N[C@@H](CO)C(=O)O. The van der Waals surface area contributed by atoms with E-state index < -0.39 is 24.6 Å². The van der Waals surface area contributed by atoms with E-state index in [0.29, 0.717) is 18.1 Å². The van der Waals surface area contributed by atoms with Crippen molar-refractivity contribution in [3.8, 4) is 12.3 Å². The molecule has 0 aliphatic heterocycles. The van der Waals surface area contributed by atoms with Gasteiger partial charge in [0.2, 0.25) is 0 Å². The van der Waals surface area contributed by atoms with Crippen molar-refractivity contribution < 1.29 is 19.8 Å². The summed E-state index contributed by atoms with van der Waals surface area (Å²) >= 11 is 1.48. The summed E-state index contributed by atoms with van der Waals surface area (Å²) in [6.45, 7) is -0.259. The molecule has 1 atom stereocenters. The maximum atomic E-state index is 11.1. The number of carbonyl (C=O) groups excluding carboxylic acids is 1. The number of carbonyl (C=O) groups is 2. The van der Waals surface area contributed by atoms with Crippen LogP contribution in [0.1, 0.15) is 0 Å². The molecular weight excluding hydrogens is 232 g/mol. The Hall–Kier alpha value is -1.39. The maximum absolute atomic E-state index is 11.1. The summed E-state index contributed by atoms with van der Waals surface area (Å²) in [5, 5.41) is 21.7. The van der Waals surface area contributed by atoms with Gasteiger partial charge in [0, 0.05) is 12.3 Å². The minimum Gasteiger partial charge on any atom is -0.480 e. The zero-order valence-corrected chi connectivity index (χ0v) is 9.42. The van der Waals surface area contributed by atoms with E-state index in [9.17, 15) is 9.59 Å². The molecule has 0 aromatic carbocycles. The van der Waals surface area contributed by atoms with E-state index >= 15 is 0 Å². The lowest BCUT2D eigenvalue weighted by atomic mass is 10.3. The Bertz CT molecular complexity index is 277. The molecule has 0 aromatic rings. The Morgan fingerprint density at radius 2 is 2.19 bits per heavy atom. The van der Waals surface area contributed by atoms with Crippen LogP contribution in [0.4, 0.5) is 4.79 Å². The number of rotatable bonds is 7. The topological polar surface area (TPSA) is 98.7 Å². The number of urea groups is 1. The van der Waals surface area contributed by atoms with Crippen molar-refractivity contribution in [3.63, 3.8) is 0 Å². The summed E-state index contributed by atoms with van der Waals surface area (Å²) in [7, 11) is 0. The molecular formula is C9H14N2O4S. The quantitative estimate of drug-likeness (QED) is 0.344. The highest BCUT2D eigenvalue weighted by Crippen LogP contribution is 1.95. The molecule has 0 bridgehead atoms. The average Bonchev–Trinajstić information content (AvgIpc) is 2.25. The van der Waals surface area contributed by atoms with Gasteiger partial charge in [0.25, 0.3) is 0 Å². The lowest BCUT2D eigenvalue weighted by Gasteiger charge is -2.12. The predicted molar refractivity (Wildman–Crippen MR) is 61.2 cm³/mol. The highest BCUT2D eigenvalue weighted by molar-refractivity contribution is 7.99. The van der Waals surface area contributed by atoms with Gasteiger partial charge in [-0.25, -0.2) is 9.59 Å². The van der Waals surface area contributed by atoms with E-state index in [4.69, 9.17) is 16.6 Å². The van der Waals surface area contributed by atoms with Crippen LogP contribution < -0.4 is 10.6 Å². The number of carboxylic acid groups (broad SMARTS) is 1. The molecule has 0 aliphatic rings. The Labute approximate surface area is 97.8 Å². The van der Waals surface area contributed by atoms with Crippen LogP contribution >= 0.6 is 11.8 Å². The van der Waals surface area contributed by atoms with Gasteiger partial charge in [-0.3, -0.25) is 0 Å². The number of carboxylic acids is 1. The number of terminal acetylenes is 1. The number of thioether (sulfide) groups is 1. The minimum atomic E-state index is -1.28. The number of hydrogen-bond acceptors (Lipinski definition) is 4. The molecule has 0 saturated heterocycles. The molecule has 16 heavy (non-hydrogen) atoms. The highest BCUT2D eigenvalue weighted by atomic mass is 32.2. The van der Waals surface area contributed by atoms with Gasteiger partial charge in [0.1, 0.15) is 0 Å². The van der Waals surface area contributed by atoms with Crippen molar-refractivity contribution in [3.05, 3.63) is 0 Å². The first-order valence-electron chi connectivity index (χ1n) is 4.51. The van der Waals surface area contributed by atoms with Crippen molar-refractivity contribution in [1.82, 2.24) is 10.6 Å². The molecule has 6 nitrogen and oxygen atoms in total. The summed E-state index contributed by atoms with van der Waals surface area (Å²) < 4.78 is 0. The van der Waals surface area contributed by atoms with Crippen LogP contribution in [0.3, 0.4) is 0 Å². The fourth-order valence-electron chi connectivity index (χ4n) is 0.763. The Morgan fingerprint density at radius 3 is 2.69 bits per heavy atom. The maximum Gasteiger partial charge on any atom is 0.328 e. The first-order chi connectivity index (χ1) is 7.61. The van der Waals surface area contributed by atoms with Gasteiger partial charge < -0.3 is 20.8 Å². The molecule has 90 valence electrons. The second-order valence-electron chi connectivity index (χ2n) is 2.73. The van der Waals surface area contributed by atoms with E-state index in [1.807, 2.05) is 0 Å². The van der Waals surface area contributed by atoms with Gasteiger partial charge in [0.15, 0.2) is 6.04 Å². The summed E-state index contributed by atoms with van der Waals surface area (Å²) in [5.41, 5.74) is 0. The number of aliphatic hydroxyl groups is 1. The van der Waals surface area contributed by atoms with E-state index in [0.717, 1.165) is 0 Å². The van der Waals surface area contributed by atoms with Crippen LogP contribution in [-0.2, 0) is 4.79 Å². The molecule has 4 N–H and O–H groups in total.